The van der Waals surface area contributed by atoms with Crippen LogP contribution in [0.3, 0.4) is 0 Å². The van der Waals surface area contributed by atoms with Gasteiger partial charge in [-0.2, -0.15) is 5.10 Å². The fourth-order valence-corrected chi connectivity index (χ4v) is 1.05. The second-order valence-electron chi connectivity index (χ2n) is 2.66. The molecule has 0 aromatic carbocycles. The van der Waals surface area contributed by atoms with Crippen LogP contribution in [-0.2, 0) is 0 Å². The highest BCUT2D eigenvalue weighted by molar-refractivity contribution is 6.42. The molecule has 0 radical (unpaired) electrons. The number of hydrogen-bond donors (Lipinski definition) is 1. The van der Waals surface area contributed by atoms with Gasteiger partial charge in [0, 0.05) is 6.04 Å². The summed E-state index contributed by atoms with van der Waals surface area (Å²) in [4.78, 5) is 0. The van der Waals surface area contributed by atoms with Crippen molar-refractivity contribution < 1.29 is 0 Å². The largest absolute Gasteiger partial charge is 0.380 e. The van der Waals surface area contributed by atoms with Gasteiger partial charge in [0.1, 0.15) is 5.02 Å². The Hall–Kier alpha value is -0.540. The Morgan fingerprint density at radius 2 is 2.08 bits per heavy atom. The molecule has 1 rings (SSSR count). The molecule has 0 fully saturated rings. The van der Waals surface area contributed by atoms with E-state index in [2.05, 4.69) is 15.5 Å². The first kappa shape index (κ1) is 9.55. The van der Waals surface area contributed by atoms with Gasteiger partial charge < -0.3 is 5.32 Å². The topological polar surface area (TPSA) is 37.8 Å². The molecular weight excluding hydrogens is 197 g/mol. The molecule has 12 heavy (non-hydrogen) atoms. The van der Waals surface area contributed by atoms with Crippen molar-refractivity contribution >= 4 is 28.9 Å². The molecule has 0 aliphatic carbocycles. The molecule has 1 aromatic heterocycles. The zero-order valence-electron chi connectivity index (χ0n) is 6.81. The van der Waals surface area contributed by atoms with Crippen LogP contribution in [0.15, 0.2) is 6.20 Å². The van der Waals surface area contributed by atoms with Crippen LogP contribution < -0.4 is 5.32 Å². The minimum absolute atomic E-state index is 0.224. The highest BCUT2D eigenvalue weighted by Gasteiger charge is 2.06. The van der Waals surface area contributed by atoms with Crippen LogP contribution in [0.5, 0.6) is 0 Å². The molecule has 1 aromatic rings. The standard InChI is InChI=1S/C7H9Cl2N3/c1-4(2)11-5-3-10-12-7(9)6(5)8/h3-4H,1-2H3,(H,11,12). The molecule has 1 heterocycles. The van der Waals surface area contributed by atoms with Crippen molar-refractivity contribution in [1.82, 2.24) is 10.2 Å². The quantitative estimate of drug-likeness (QED) is 0.807. The number of nitrogens with one attached hydrogen (secondary N) is 1. The summed E-state index contributed by atoms with van der Waals surface area (Å²) in [6.45, 7) is 4.01. The Bertz CT molecular complexity index is 275. The Morgan fingerprint density at radius 1 is 1.42 bits per heavy atom. The molecule has 0 bridgehead atoms. The van der Waals surface area contributed by atoms with E-state index in [0.717, 1.165) is 0 Å². The van der Waals surface area contributed by atoms with Gasteiger partial charge >= 0.3 is 0 Å². The van der Waals surface area contributed by atoms with Crippen LogP contribution in [0.2, 0.25) is 10.2 Å². The monoisotopic (exact) mass is 205 g/mol. The van der Waals surface area contributed by atoms with E-state index in [1.807, 2.05) is 13.8 Å². The van der Waals surface area contributed by atoms with Crippen LogP contribution in [0.25, 0.3) is 0 Å². The molecule has 0 saturated carbocycles. The van der Waals surface area contributed by atoms with Crippen LogP contribution in [0.1, 0.15) is 13.8 Å². The third-order valence-electron chi connectivity index (χ3n) is 1.19. The summed E-state index contributed by atoms with van der Waals surface area (Å²) in [6.07, 6.45) is 1.55. The summed E-state index contributed by atoms with van der Waals surface area (Å²) in [7, 11) is 0. The van der Waals surface area contributed by atoms with Crippen molar-refractivity contribution in [3.8, 4) is 0 Å². The summed E-state index contributed by atoms with van der Waals surface area (Å²) < 4.78 is 0. The third-order valence-corrected chi connectivity index (χ3v) is 1.94. The van der Waals surface area contributed by atoms with Crippen molar-refractivity contribution in [2.45, 2.75) is 19.9 Å². The molecule has 0 aliphatic heterocycles. The molecule has 1 N–H and O–H groups in total. The SMILES string of the molecule is CC(C)Nc1cnnc(Cl)c1Cl. The van der Waals surface area contributed by atoms with E-state index in [-0.39, 0.29) is 5.15 Å². The van der Waals surface area contributed by atoms with E-state index in [4.69, 9.17) is 23.2 Å². The maximum absolute atomic E-state index is 5.84. The van der Waals surface area contributed by atoms with Crippen molar-refractivity contribution in [1.29, 1.82) is 0 Å². The maximum atomic E-state index is 5.84. The number of rotatable bonds is 2. The molecule has 0 unspecified atom stereocenters. The van der Waals surface area contributed by atoms with Gasteiger partial charge in [0.25, 0.3) is 0 Å². The summed E-state index contributed by atoms with van der Waals surface area (Å²) in [5, 5.41) is 11.0. The van der Waals surface area contributed by atoms with Crippen molar-refractivity contribution in [2.75, 3.05) is 5.32 Å². The second-order valence-corrected chi connectivity index (χ2v) is 3.40. The first-order valence-electron chi connectivity index (χ1n) is 3.54. The summed E-state index contributed by atoms with van der Waals surface area (Å²) >= 11 is 11.5. The summed E-state index contributed by atoms with van der Waals surface area (Å²) in [5.41, 5.74) is 0.715. The molecular formula is C7H9Cl2N3. The lowest BCUT2D eigenvalue weighted by atomic mass is 10.3. The Morgan fingerprint density at radius 3 is 2.67 bits per heavy atom. The van der Waals surface area contributed by atoms with E-state index in [1.165, 1.54) is 0 Å². The fraction of sp³-hybridized carbons (Fsp3) is 0.429. The van der Waals surface area contributed by atoms with E-state index in [0.29, 0.717) is 16.8 Å². The van der Waals surface area contributed by atoms with E-state index < -0.39 is 0 Å². The maximum Gasteiger partial charge on any atom is 0.172 e. The fourth-order valence-electron chi connectivity index (χ4n) is 0.761. The van der Waals surface area contributed by atoms with E-state index >= 15 is 0 Å². The van der Waals surface area contributed by atoms with Crippen LogP contribution in [0.4, 0.5) is 5.69 Å². The molecule has 0 aliphatic rings. The lowest BCUT2D eigenvalue weighted by Crippen LogP contribution is -2.10. The molecule has 5 heteroatoms. The molecule has 0 saturated heterocycles. The number of hydrogen-bond acceptors (Lipinski definition) is 3. The molecule has 0 amide bonds. The molecule has 0 spiro atoms. The Labute approximate surface area is 81.1 Å². The second kappa shape index (κ2) is 3.92. The van der Waals surface area contributed by atoms with Crippen LogP contribution >= 0.6 is 23.2 Å². The lowest BCUT2D eigenvalue weighted by molar-refractivity contribution is 0.892. The predicted octanol–water partition coefficient (Wildman–Crippen LogP) is 2.60. The zero-order chi connectivity index (χ0) is 9.14. The highest BCUT2D eigenvalue weighted by Crippen LogP contribution is 2.26. The van der Waals surface area contributed by atoms with Gasteiger partial charge in [-0.15, -0.1) is 5.10 Å². The molecule has 0 atom stereocenters. The van der Waals surface area contributed by atoms with Crippen LogP contribution in [0, 0.1) is 0 Å². The third kappa shape index (κ3) is 2.22. The van der Waals surface area contributed by atoms with Gasteiger partial charge in [0.05, 0.1) is 11.9 Å². The average molecular weight is 206 g/mol. The van der Waals surface area contributed by atoms with Crippen LogP contribution in [-0.4, -0.2) is 16.2 Å². The minimum Gasteiger partial charge on any atom is -0.380 e. The first-order chi connectivity index (χ1) is 5.61. The van der Waals surface area contributed by atoms with E-state index in [1.54, 1.807) is 6.20 Å². The molecule has 3 nitrogen and oxygen atoms in total. The normalized spacial score (nSPS) is 10.4. The van der Waals surface area contributed by atoms with Gasteiger partial charge in [-0.1, -0.05) is 23.2 Å². The number of anilines is 1. The van der Waals surface area contributed by atoms with Crippen molar-refractivity contribution in [2.24, 2.45) is 0 Å². The Balaban J connectivity index is 2.92. The van der Waals surface area contributed by atoms with Crippen molar-refractivity contribution in [3.05, 3.63) is 16.4 Å². The first-order valence-corrected chi connectivity index (χ1v) is 4.30. The van der Waals surface area contributed by atoms with Gasteiger partial charge in [-0.05, 0) is 13.8 Å². The van der Waals surface area contributed by atoms with Gasteiger partial charge in [0.2, 0.25) is 0 Å². The minimum atomic E-state index is 0.224. The predicted molar refractivity (Wildman–Crippen MR) is 50.8 cm³/mol. The highest BCUT2D eigenvalue weighted by atomic mass is 35.5. The van der Waals surface area contributed by atoms with Gasteiger partial charge in [-0.3, -0.25) is 0 Å². The number of nitrogens with zero attached hydrogens (tertiary/aromatic N) is 2. The van der Waals surface area contributed by atoms with Gasteiger partial charge in [0.15, 0.2) is 5.15 Å². The lowest BCUT2D eigenvalue weighted by Gasteiger charge is -2.10. The smallest absolute Gasteiger partial charge is 0.172 e. The molecule has 66 valence electrons. The zero-order valence-corrected chi connectivity index (χ0v) is 8.32. The van der Waals surface area contributed by atoms with Crippen molar-refractivity contribution in [3.63, 3.8) is 0 Å². The average Bonchev–Trinajstić information content (AvgIpc) is 1.98. The van der Waals surface area contributed by atoms with Gasteiger partial charge in [-0.25, -0.2) is 0 Å². The Kier molecular flexibility index (Phi) is 3.12. The summed E-state index contributed by atoms with van der Waals surface area (Å²) in [5.74, 6) is 0. The van der Waals surface area contributed by atoms with E-state index in [9.17, 15) is 0 Å². The summed E-state index contributed by atoms with van der Waals surface area (Å²) in [6, 6.07) is 0.294. The number of halogens is 2. The number of aromatic nitrogens is 2.